The molecule has 4 rings (SSSR count). The van der Waals surface area contributed by atoms with Gasteiger partial charge < -0.3 is 14.4 Å². The molecule has 0 unspecified atom stereocenters. The molecule has 0 radical (unpaired) electrons. The maximum Gasteiger partial charge on any atom is 0.238 e. The summed E-state index contributed by atoms with van der Waals surface area (Å²) in [4.78, 5) is 2.35. The van der Waals surface area contributed by atoms with E-state index in [1.807, 2.05) is 24.3 Å². The van der Waals surface area contributed by atoms with Crippen LogP contribution < -0.4 is 14.8 Å². The van der Waals surface area contributed by atoms with Gasteiger partial charge in [0.1, 0.15) is 12.4 Å². The summed E-state index contributed by atoms with van der Waals surface area (Å²) in [6.45, 7) is 5.89. The van der Waals surface area contributed by atoms with Crippen molar-refractivity contribution in [1.82, 2.24) is 0 Å². The zero-order valence-corrected chi connectivity index (χ0v) is 21.2. The van der Waals surface area contributed by atoms with Gasteiger partial charge in [-0.3, -0.25) is 0 Å². The number of aryl methyl sites for hydroxylation is 1. The predicted octanol–water partition coefficient (Wildman–Crippen LogP) is 4.94. The normalized spacial score (nSPS) is 21.8. The molecule has 184 valence electrons. The number of benzene rings is 2. The molecule has 2 aromatic rings. The highest BCUT2D eigenvalue weighted by Gasteiger charge is 2.37. The molecule has 3 atom stereocenters. The van der Waals surface area contributed by atoms with Gasteiger partial charge in [0.25, 0.3) is 0 Å². The summed E-state index contributed by atoms with van der Waals surface area (Å²) in [7, 11) is -2.12. The van der Waals surface area contributed by atoms with Gasteiger partial charge in [-0.1, -0.05) is 23.7 Å². The zero-order valence-electron chi connectivity index (χ0n) is 19.6. The molecule has 2 aliphatic rings. The summed E-state index contributed by atoms with van der Waals surface area (Å²) in [5.74, 6) is 1.48. The van der Waals surface area contributed by atoms with E-state index in [1.165, 1.54) is 11.6 Å². The molecule has 1 saturated carbocycles. The van der Waals surface area contributed by atoms with Crippen LogP contribution in [0, 0.1) is 11.8 Å². The molecule has 1 heterocycles. The Kier molecular flexibility index (Phi) is 7.87. The van der Waals surface area contributed by atoms with Gasteiger partial charge in [-0.25, -0.2) is 13.6 Å². The van der Waals surface area contributed by atoms with Crippen LogP contribution in [0.1, 0.15) is 36.8 Å². The van der Waals surface area contributed by atoms with Crippen molar-refractivity contribution < 1.29 is 17.9 Å². The van der Waals surface area contributed by atoms with Crippen molar-refractivity contribution >= 4 is 27.3 Å². The average Bonchev–Trinajstić information content (AvgIpc) is 2.82. The molecule has 1 aliphatic carbocycles. The highest BCUT2D eigenvalue weighted by molar-refractivity contribution is 7.89. The van der Waals surface area contributed by atoms with Crippen LogP contribution in [0.15, 0.2) is 53.9 Å². The van der Waals surface area contributed by atoms with Gasteiger partial charge in [0.2, 0.25) is 10.0 Å². The van der Waals surface area contributed by atoms with Gasteiger partial charge >= 0.3 is 0 Å². The molecule has 1 aliphatic heterocycles. The van der Waals surface area contributed by atoms with E-state index >= 15 is 0 Å². The molecular weight excluding hydrogens is 472 g/mol. The number of ether oxygens (including phenoxy) is 2. The first-order valence-electron chi connectivity index (χ1n) is 11.8. The molecule has 8 heteroatoms. The smallest absolute Gasteiger partial charge is 0.238 e. The van der Waals surface area contributed by atoms with Crippen LogP contribution >= 0.6 is 11.6 Å². The van der Waals surface area contributed by atoms with Gasteiger partial charge in [0.05, 0.1) is 16.7 Å². The summed E-state index contributed by atoms with van der Waals surface area (Å²) < 4.78 is 36.2. The van der Waals surface area contributed by atoms with Crippen molar-refractivity contribution in [2.75, 3.05) is 25.1 Å². The Hall–Kier alpha value is -2.06. The van der Waals surface area contributed by atoms with E-state index in [2.05, 4.69) is 11.5 Å². The lowest BCUT2D eigenvalue weighted by Crippen LogP contribution is -2.43. The minimum absolute atomic E-state index is 0.0217. The Labute approximate surface area is 207 Å². The van der Waals surface area contributed by atoms with Crippen molar-refractivity contribution in [3.63, 3.8) is 0 Å². The van der Waals surface area contributed by atoms with E-state index in [0.717, 1.165) is 61.5 Å². The molecule has 0 aromatic heterocycles. The second-order valence-electron chi connectivity index (χ2n) is 9.22. The third-order valence-corrected chi connectivity index (χ3v) is 8.28. The number of rotatable bonds is 6. The summed E-state index contributed by atoms with van der Waals surface area (Å²) in [6.07, 6.45) is 6.97. The quantitative estimate of drug-likeness (QED) is 0.564. The number of methoxy groups -OCH3 is 1. The summed E-state index contributed by atoms with van der Waals surface area (Å²) in [5, 5.41) is 6.19. The van der Waals surface area contributed by atoms with Crippen LogP contribution in [0.25, 0.3) is 0 Å². The number of nitrogens with zero attached hydrogens (tertiary/aromatic N) is 1. The average molecular weight is 505 g/mol. The lowest BCUT2D eigenvalue weighted by atomic mass is 9.70. The Balaban J connectivity index is 1.68. The third-order valence-electron chi connectivity index (χ3n) is 7.13. The Morgan fingerprint density at radius 1 is 1.24 bits per heavy atom. The van der Waals surface area contributed by atoms with E-state index in [4.69, 9.17) is 26.2 Å². The van der Waals surface area contributed by atoms with E-state index in [0.29, 0.717) is 24.2 Å². The monoisotopic (exact) mass is 504 g/mol. The van der Waals surface area contributed by atoms with Crippen molar-refractivity contribution in [3.8, 4) is 5.75 Å². The SMILES string of the molecule is C=C[C@H](OC)[C@@H]1CC[C@H]1CN1CCCCc2cc(Cl)ccc2COc2ccc(S(N)(=O)=O)cc21. The van der Waals surface area contributed by atoms with Crippen LogP contribution in [0.3, 0.4) is 0 Å². The van der Waals surface area contributed by atoms with Crippen LogP contribution in [0.2, 0.25) is 5.02 Å². The molecule has 2 aromatic carbocycles. The van der Waals surface area contributed by atoms with Gasteiger partial charge in [-0.05, 0) is 85.4 Å². The molecule has 0 spiro atoms. The first-order chi connectivity index (χ1) is 16.3. The molecule has 34 heavy (non-hydrogen) atoms. The molecule has 6 nitrogen and oxygen atoms in total. The Bertz CT molecular complexity index is 1140. The van der Waals surface area contributed by atoms with E-state index in [1.54, 1.807) is 19.2 Å². The maximum absolute atomic E-state index is 12.1. The van der Waals surface area contributed by atoms with Crippen LogP contribution in [0.5, 0.6) is 5.75 Å². The van der Waals surface area contributed by atoms with Crippen LogP contribution in [-0.2, 0) is 27.8 Å². The second kappa shape index (κ2) is 10.7. The summed E-state index contributed by atoms with van der Waals surface area (Å²) in [5.41, 5.74) is 3.05. The minimum atomic E-state index is -3.84. The lowest BCUT2D eigenvalue weighted by Gasteiger charge is -2.43. The standard InChI is InChI=1S/C26H33ClN2O4S/c1-3-25(32-2)23-11-8-19(23)16-29-13-5-4-6-18-14-21(27)9-7-20(18)17-33-26-12-10-22(15-24(26)29)34(28,30)31/h3,7,9-10,12,14-15,19,23,25H,1,4-6,8,11,13,16-17H2,2H3,(H2,28,30,31)/t19-,23+,25-/m0/s1. The lowest BCUT2D eigenvalue weighted by molar-refractivity contribution is 0.0138. The number of primary sulfonamides is 1. The molecule has 1 fully saturated rings. The van der Waals surface area contributed by atoms with E-state index in [-0.39, 0.29) is 11.0 Å². The van der Waals surface area contributed by atoms with Crippen molar-refractivity contribution in [3.05, 3.63) is 65.2 Å². The van der Waals surface area contributed by atoms with Crippen LogP contribution in [-0.4, -0.2) is 34.7 Å². The zero-order chi connectivity index (χ0) is 24.3. The molecule has 2 N–H and O–H groups in total. The number of nitrogens with two attached hydrogens (primary N) is 1. The number of hydrogen-bond acceptors (Lipinski definition) is 5. The number of fused-ring (bicyclic) bond motifs is 2. The fraction of sp³-hybridized carbons (Fsp3) is 0.462. The number of halogens is 1. The molecule has 0 saturated heterocycles. The number of anilines is 1. The fourth-order valence-corrected chi connectivity index (χ4v) is 5.81. The van der Waals surface area contributed by atoms with Gasteiger partial charge in [-0.2, -0.15) is 0 Å². The van der Waals surface area contributed by atoms with E-state index in [9.17, 15) is 8.42 Å². The topological polar surface area (TPSA) is 81.9 Å². The minimum Gasteiger partial charge on any atom is -0.487 e. The second-order valence-corrected chi connectivity index (χ2v) is 11.2. The summed E-state index contributed by atoms with van der Waals surface area (Å²) >= 11 is 6.25. The van der Waals surface area contributed by atoms with Gasteiger partial charge in [0.15, 0.2) is 0 Å². The van der Waals surface area contributed by atoms with Gasteiger partial charge in [0, 0.05) is 25.2 Å². The first kappa shape index (κ1) is 25.0. The fourth-order valence-electron chi connectivity index (χ4n) is 5.08. The van der Waals surface area contributed by atoms with Crippen molar-refractivity contribution in [1.29, 1.82) is 0 Å². The summed E-state index contributed by atoms with van der Waals surface area (Å²) in [6, 6.07) is 10.8. The highest BCUT2D eigenvalue weighted by Crippen LogP contribution is 2.41. The Morgan fingerprint density at radius 3 is 2.74 bits per heavy atom. The largest absolute Gasteiger partial charge is 0.487 e. The first-order valence-corrected chi connectivity index (χ1v) is 13.7. The third kappa shape index (κ3) is 5.60. The molecule has 0 amide bonds. The van der Waals surface area contributed by atoms with Crippen LogP contribution in [0.4, 0.5) is 5.69 Å². The van der Waals surface area contributed by atoms with E-state index < -0.39 is 10.0 Å². The number of sulfonamides is 1. The van der Waals surface area contributed by atoms with Crippen molar-refractivity contribution in [2.24, 2.45) is 17.0 Å². The molecular formula is C26H33ClN2O4S. The molecule has 0 bridgehead atoms. The highest BCUT2D eigenvalue weighted by atomic mass is 35.5. The Morgan fingerprint density at radius 2 is 2.06 bits per heavy atom. The van der Waals surface area contributed by atoms with Gasteiger partial charge in [-0.15, -0.1) is 6.58 Å². The predicted molar refractivity (Wildman–Crippen MR) is 136 cm³/mol. The van der Waals surface area contributed by atoms with Crippen molar-refractivity contribution in [2.45, 2.75) is 49.7 Å². The maximum atomic E-state index is 12.1. The number of hydrogen-bond donors (Lipinski definition) is 1.